The summed E-state index contributed by atoms with van der Waals surface area (Å²) in [5.41, 5.74) is -0.691. The fraction of sp³-hybridized carbons (Fsp3) is 0.933. The Labute approximate surface area is 122 Å². The maximum absolute atomic E-state index is 11.7. The van der Waals surface area contributed by atoms with Gasteiger partial charge < -0.3 is 20.5 Å². The van der Waals surface area contributed by atoms with E-state index in [0.717, 1.165) is 32.1 Å². The predicted molar refractivity (Wildman–Crippen MR) is 79.7 cm³/mol. The summed E-state index contributed by atoms with van der Waals surface area (Å²) >= 11 is 0. The van der Waals surface area contributed by atoms with Crippen LogP contribution in [-0.2, 0) is 4.74 Å². The van der Waals surface area contributed by atoms with Crippen LogP contribution >= 0.6 is 0 Å². The highest BCUT2D eigenvalue weighted by Gasteiger charge is 2.31. The second-order valence-corrected chi connectivity index (χ2v) is 6.07. The highest BCUT2D eigenvalue weighted by Crippen LogP contribution is 2.28. The van der Waals surface area contributed by atoms with E-state index in [-0.39, 0.29) is 12.1 Å². The molecule has 1 aliphatic carbocycles. The molecule has 1 atom stereocenters. The summed E-state index contributed by atoms with van der Waals surface area (Å²) in [6, 6.07) is -0.204. The van der Waals surface area contributed by atoms with E-state index in [0.29, 0.717) is 25.6 Å². The summed E-state index contributed by atoms with van der Waals surface area (Å²) in [5, 5.41) is 15.7. The molecule has 0 aromatic carbocycles. The minimum atomic E-state index is -0.691. The van der Waals surface area contributed by atoms with Gasteiger partial charge in [0.1, 0.15) is 0 Å². The first kappa shape index (κ1) is 17.2. The van der Waals surface area contributed by atoms with Gasteiger partial charge in [0.2, 0.25) is 0 Å². The number of rotatable bonds is 8. The maximum Gasteiger partial charge on any atom is 0.314 e. The number of urea groups is 1. The van der Waals surface area contributed by atoms with Crippen LogP contribution in [0.15, 0.2) is 0 Å². The smallest absolute Gasteiger partial charge is 0.314 e. The molecule has 0 saturated heterocycles. The number of nitrogens with one attached hydrogen (secondary N) is 2. The van der Waals surface area contributed by atoms with Crippen LogP contribution in [0.2, 0.25) is 0 Å². The van der Waals surface area contributed by atoms with Gasteiger partial charge in [-0.2, -0.15) is 0 Å². The van der Waals surface area contributed by atoms with Gasteiger partial charge in [0.05, 0.1) is 11.7 Å². The first-order valence-corrected chi connectivity index (χ1v) is 7.82. The van der Waals surface area contributed by atoms with Gasteiger partial charge in [-0.3, -0.25) is 0 Å². The van der Waals surface area contributed by atoms with Crippen LogP contribution < -0.4 is 10.6 Å². The Morgan fingerprint density at radius 2 is 1.95 bits per heavy atom. The summed E-state index contributed by atoms with van der Waals surface area (Å²) in [6.45, 7) is 7.86. The van der Waals surface area contributed by atoms with Gasteiger partial charge in [0, 0.05) is 19.7 Å². The van der Waals surface area contributed by atoms with Crippen molar-refractivity contribution in [1.29, 1.82) is 0 Å². The van der Waals surface area contributed by atoms with Gasteiger partial charge in [-0.25, -0.2) is 4.79 Å². The van der Waals surface area contributed by atoms with Gasteiger partial charge in [-0.1, -0.05) is 26.7 Å². The molecule has 1 rings (SSSR count). The van der Waals surface area contributed by atoms with Crippen molar-refractivity contribution in [2.45, 2.75) is 64.6 Å². The molecule has 1 aliphatic rings. The van der Waals surface area contributed by atoms with Crippen molar-refractivity contribution >= 4 is 6.03 Å². The Kier molecular flexibility index (Phi) is 7.30. The third-order valence-corrected chi connectivity index (χ3v) is 3.95. The number of hydrogen-bond acceptors (Lipinski definition) is 3. The average molecular weight is 286 g/mol. The molecule has 1 fully saturated rings. The number of aliphatic hydroxyl groups is 1. The lowest BCUT2D eigenvalue weighted by atomic mass is 10.0. The fourth-order valence-corrected chi connectivity index (χ4v) is 2.67. The highest BCUT2D eigenvalue weighted by atomic mass is 16.5. The molecule has 0 aliphatic heterocycles. The first-order valence-electron chi connectivity index (χ1n) is 7.82. The molecular weight excluding hydrogens is 256 g/mol. The van der Waals surface area contributed by atoms with Crippen molar-refractivity contribution in [1.82, 2.24) is 10.6 Å². The quantitative estimate of drug-likeness (QED) is 0.639. The molecule has 0 bridgehead atoms. The van der Waals surface area contributed by atoms with Crippen molar-refractivity contribution in [2.24, 2.45) is 5.92 Å². The molecule has 20 heavy (non-hydrogen) atoms. The SMILES string of the molecule is CCOC(CCNC(=O)NCC1(O)CCCC1)C(C)C. The zero-order valence-electron chi connectivity index (χ0n) is 13.1. The lowest BCUT2D eigenvalue weighted by Gasteiger charge is -2.23. The van der Waals surface area contributed by atoms with Crippen molar-refractivity contribution in [2.75, 3.05) is 19.7 Å². The van der Waals surface area contributed by atoms with Crippen LogP contribution in [0.5, 0.6) is 0 Å². The monoisotopic (exact) mass is 286 g/mol. The Morgan fingerprint density at radius 1 is 1.30 bits per heavy atom. The maximum atomic E-state index is 11.7. The van der Waals surface area contributed by atoms with Crippen molar-refractivity contribution in [3.8, 4) is 0 Å². The molecule has 1 unspecified atom stereocenters. The Morgan fingerprint density at radius 3 is 2.50 bits per heavy atom. The highest BCUT2D eigenvalue weighted by molar-refractivity contribution is 5.73. The molecule has 1 saturated carbocycles. The second-order valence-electron chi connectivity index (χ2n) is 6.07. The number of carbonyl (C=O) groups is 1. The summed E-state index contributed by atoms with van der Waals surface area (Å²) in [7, 11) is 0. The topological polar surface area (TPSA) is 70.6 Å². The van der Waals surface area contributed by atoms with E-state index in [9.17, 15) is 9.90 Å². The van der Waals surface area contributed by atoms with E-state index in [1.54, 1.807) is 0 Å². The van der Waals surface area contributed by atoms with E-state index in [4.69, 9.17) is 4.74 Å². The second kappa shape index (κ2) is 8.47. The van der Waals surface area contributed by atoms with Crippen molar-refractivity contribution < 1.29 is 14.6 Å². The van der Waals surface area contributed by atoms with E-state index in [2.05, 4.69) is 24.5 Å². The molecule has 0 heterocycles. The Hall–Kier alpha value is -0.810. The lowest BCUT2D eigenvalue weighted by Crippen LogP contribution is -2.45. The molecule has 0 radical (unpaired) electrons. The van der Waals surface area contributed by atoms with E-state index < -0.39 is 5.60 Å². The predicted octanol–water partition coefficient (Wildman–Crippen LogP) is 2.04. The van der Waals surface area contributed by atoms with Crippen LogP contribution in [-0.4, -0.2) is 42.5 Å². The third kappa shape index (κ3) is 6.09. The van der Waals surface area contributed by atoms with Crippen LogP contribution in [0, 0.1) is 5.92 Å². The molecule has 0 aromatic rings. The number of ether oxygens (including phenoxy) is 1. The molecule has 3 N–H and O–H groups in total. The van der Waals surface area contributed by atoms with Crippen LogP contribution in [0.1, 0.15) is 52.9 Å². The minimum Gasteiger partial charge on any atom is -0.388 e. The largest absolute Gasteiger partial charge is 0.388 e. The molecule has 5 heteroatoms. The first-order chi connectivity index (χ1) is 9.47. The van der Waals surface area contributed by atoms with Crippen LogP contribution in [0.25, 0.3) is 0 Å². The van der Waals surface area contributed by atoms with E-state index in [1.807, 2.05) is 6.92 Å². The molecule has 118 valence electrons. The normalized spacial score (nSPS) is 19.1. The third-order valence-electron chi connectivity index (χ3n) is 3.95. The van der Waals surface area contributed by atoms with Gasteiger partial charge in [0.15, 0.2) is 0 Å². The van der Waals surface area contributed by atoms with E-state index in [1.165, 1.54) is 0 Å². The van der Waals surface area contributed by atoms with Gasteiger partial charge >= 0.3 is 6.03 Å². The van der Waals surface area contributed by atoms with Crippen molar-refractivity contribution in [3.63, 3.8) is 0 Å². The summed E-state index contributed by atoms with van der Waals surface area (Å²) in [4.78, 5) is 11.7. The fourth-order valence-electron chi connectivity index (χ4n) is 2.67. The molecule has 5 nitrogen and oxygen atoms in total. The van der Waals surface area contributed by atoms with Crippen molar-refractivity contribution in [3.05, 3.63) is 0 Å². The lowest BCUT2D eigenvalue weighted by molar-refractivity contribution is 0.0254. The minimum absolute atomic E-state index is 0.180. The number of hydrogen-bond donors (Lipinski definition) is 3. The Balaban J connectivity index is 2.16. The molecular formula is C15H30N2O3. The van der Waals surface area contributed by atoms with Crippen LogP contribution in [0.3, 0.4) is 0 Å². The standard InChI is InChI=1S/C15H30N2O3/c1-4-20-13(12(2)3)7-10-16-14(18)17-11-15(19)8-5-6-9-15/h12-13,19H,4-11H2,1-3H3,(H2,16,17,18). The van der Waals surface area contributed by atoms with Crippen LogP contribution in [0.4, 0.5) is 4.79 Å². The molecule has 0 spiro atoms. The molecule has 0 aromatic heterocycles. The summed E-state index contributed by atoms with van der Waals surface area (Å²) in [6.07, 6.45) is 4.65. The zero-order valence-corrected chi connectivity index (χ0v) is 13.1. The summed E-state index contributed by atoms with van der Waals surface area (Å²) < 4.78 is 5.63. The van der Waals surface area contributed by atoms with Gasteiger partial charge in [0.25, 0.3) is 0 Å². The number of amides is 2. The van der Waals surface area contributed by atoms with Gasteiger partial charge in [-0.15, -0.1) is 0 Å². The average Bonchev–Trinajstić information content (AvgIpc) is 2.83. The van der Waals surface area contributed by atoms with Gasteiger partial charge in [-0.05, 0) is 32.1 Å². The molecule has 2 amide bonds. The zero-order chi connectivity index (χ0) is 15.0. The summed E-state index contributed by atoms with van der Waals surface area (Å²) in [5.74, 6) is 0.444. The number of carbonyl (C=O) groups excluding carboxylic acids is 1. The Bertz CT molecular complexity index is 289. The van der Waals surface area contributed by atoms with E-state index >= 15 is 0 Å².